The third-order valence-electron chi connectivity index (χ3n) is 4.17. The molecule has 0 aromatic heterocycles. The second-order valence-corrected chi connectivity index (χ2v) is 6.93. The molecule has 4 N–H and O–H groups in total. The highest BCUT2D eigenvalue weighted by Crippen LogP contribution is 2.31. The first-order valence-corrected chi connectivity index (χ1v) is 9.07. The lowest BCUT2D eigenvalue weighted by molar-refractivity contribution is 0.0951. The Morgan fingerprint density at radius 3 is 2.36 bits per heavy atom. The smallest absolute Gasteiger partial charge is 0.252 e. The van der Waals surface area contributed by atoms with Gasteiger partial charge in [-0.1, -0.05) is 53.5 Å². The van der Waals surface area contributed by atoms with Crippen molar-refractivity contribution in [2.24, 2.45) is 5.73 Å². The van der Waals surface area contributed by atoms with E-state index in [1.807, 2.05) is 0 Å². The number of carbonyl (C=O) groups is 1. The Bertz CT molecular complexity index is 1050. The van der Waals surface area contributed by atoms with Gasteiger partial charge in [0, 0.05) is 17.7 Å². The zero-order valence-corrected chi connectivity index (χ0v) is 16.1. The molecule has 1 amide bonds. The Labute approximate surface area is 171 Å². The average Bonchev–Trinajstić information content (AvgIpc) is 2.68. The Balaban J connectivity index is 1.83. The zero-order chi connectivity index (χ0) is 20.3. The fourth-order valence-corrected chi connectivity index (χ4v) is 2.99. The maximum atomic E-state index is 13.8. The van der Waals surface area contributed by atoms with Crippen LogP contribution >= 0.6 is 23.2 Å². The monoisotopic (exact) mass is 415 g/mol. The summed E-state index contributed by atoms with van der Waals surface area (Å²) in [6.07, 6.45) is 0. The summed E-state index contributed by atoms with van der Waals surface area (Å²) in [6, 6.07) is 15.8. The number of nitrogens with two attached hydrogens (primary N) is 1. The van der Waals surface area contributed by atoms with E-state index in [-0.39, 0.29) is 18.3 Å². The van der Waals surface area contributed by atoms with Crippen LogP contribution in [0.2, 0.25) is 10.0 Å². The highest BCUT2D eigenvalue weighted by molar-refractivity contribution is 6.42. The molecule has 0 saturated carbocycles. The third-order valence-corrected chi connectivity index (χ3v) is 4.91. The summed E-state index contributed by atoms with van der Waals surface area (Å²) in [6.45, 7) is 0.273. The van der Waals surface area contributed by atoms with Gasteiger partial charge in [0.1, 0.15) is 11.7 Å². The van der Waals surface area contributed by atoms with E-state index in [0.29, 0.717) is 32.3 Å². The van der Waals surface area contributed by atoms with Gasteiger partial charge in [-0.25, -0.2) is 4.39 Å². The molecule has 0 spiro atoms. The molecule has 0 aliphatic rings. The van der Waals surface area contributed by atoms with Crippen LogP contribution in [0.5, 0.6) is 0 Å². The van der Waals surface area contributed by atoms with Crippen LogP contribution in [0.1, 0.15) is 21.5 Å². The molecule has 0 fully saturated rings. The highest BCUT2D eigenvalue weighted by atomic mass is 35.5. The second-order valence-electron chi connectivity index (χ2n) is 6.11. The summed E-state index contributed by atoms with van der Waals surface area (Å²) < 4.78 is 13.8. The van der Waals surface area contributed by atoms with Crippen molar-refractivity contribution in [3.8, 4) is 11.1 Å². The molecule has 0 saturated heterocycles. The lowest BCUT2D eigenvalue weighted by Crippen LogP contribution is -2.23. The molecule has 3 aromatic rings. The number of hydrogen-bond acceptors (Lipinski definition) is 2. The first-order chi connectivity index (χ1) is 13.3. The van der Waals surface area contributed by atoms with E-state index in [9.17, 15) is 9.18 Å². The second kappa shape index (κ2) is 8.42. The normalized spacial score (nSPS) is 10.5. The van der Waals surface area contributed by atoms with E-state index >= 15 is 0 Å². The number of benzene rings is 3. The molecule has 28 heavy (non-hydrogen) atoms. The molecular weight excluding hydrogens is 400 g/mol. The van der Waals surface area contributed by atoms with Gasteiger partial charge < -0.3 is 11.1 Å². The molecule has 0 bridgehead atoms. The van der Waals surface area contributed by atoms with Crippen molar-refractivity contribution in [3.63, 3.8) is 0 Å². The molecule has 0 unspecified atom stereocenters. The number of nitrogen functional groups attached to an aromatic ring is 1. The molecule has 3 rings (SSSR count). The molecule has 142 valence electrons. The molecule has 4 nitrogen and oxygen atoms in total. The Kier molecular flexibility index (Phi) is 5.97. The molecule has 0 radical (unpaired) electrons. The van der Waals surface area contributed by atoms with Crippen LogP contribution in [-0.4, -0.2) is 11.7 Å². The molecule has 3 aromatic carbocycles. The van der Waals surface area contributed by atoms with Crippen LogP contribution in [0.25, 0.3) is 11.1 Å². The first-order valence-electron chi connectivity index (χ1n) is 8.31. The largest absolute Gasteiger partial charge is 0.384 e. The van der Waals surface area contributed by atoms with Crippen molar-refractivity contribution in [1.82, 2.24) is 5.32 Å². The summed E-state index contributed by atoms with van der Waals surface area (Å²) >= 11 is 12.0. The van der Waals surface area contributed by atoms with Gasteiger partial charge in [-0.3, -0.25) is 10.2 Å². The zero-order valence-electron chi connectivity index (χ0n) is 14.6. The van der Waals surface area contributed by atoms with Crippen LogP contribution in [0, 0.1) is 11.2 Å². The van der Waals surface area contributed by atoms with E-state index in [2.05, 4.69) is 5.32 Å². The lowest BCUT2D eigenvalue weighted by Gasteiger charge is -2.12. The minimum atomic E-state index is -0.461. The number of hydrogen-bond donors (Lipinski definition) is 3. The topological polar surface area (TPSA) is 79.0 Å². The lowest BCUT2D eigenvalue weighted by atomic mass is 9.99. The Morgan fingerprint density at radius 1 is 1.00 bits per heavy atom. The number of amidine groups is 1. The van der Waals surface area contributed by atoms with Crippen molar-refractivity contribution >= 4 is 34.9 Å². The minimum absolute atomic E-state index is 0.0202. The Morgan fingerprint density at radius 2 is 1.71 bits per heavy atom. The predicted molar refractivity (Wildman–Crippen MR) is 110 cm³/mol. The number of carbonyl (C=O) groups excluding carboxylic acids is 1. The standard InChI is InChI=1S/C21H16Cl2FN3O/c22-18-8-5-14(9-19(18)23)17-10-15(24)6-7-16(17)21(28)27-11-12-1-3-13(4-2-12)20(25)26/h1-10H,11H2,(H3,25,26)(H,27,28). The summed E-state index contributed by atoms with van der Waals surface area (Å²) in [7, 11) is 0. The van der Waals surface area contributed by atoms with Crippen LogP contribution < -0.4 is 11.1 Å². The van der Waals surface area contributed by atoms with E-state index < -0.39 is 5.82 Å². The maximum absolute atomic E-state index is 13.8. The molecule has 0 aliphatic heterocycles. The number of rotatable bonds is 5. The molecule has 0 heterocycles. The van der Waals surface area contributed by atoms with Crippen molar-refractivity contribution in [2.75, 3.05) is 0 Å². The van der Waals surface area contributed by atoms with Crippen LogP contribution in [0.4, 0.5) is 4.39 Å². The van der Waals surface area contributed by atoms with Crippen LogP contribution in [0.3, 0.4) is 0 Å². The molecule has 7 heteroatoms. The third kappa shape index (κ3) is 4.50. The summed E-state index contributed by atoms with van der Waals surface area (Å²) in [5, 5.41) is 10.9. The summed E-state index contributed by atoms with van der Waals surface area (Å²) in [5.74, 6) is -0.831. The van der Waals surface area contributed by atoms with Gasteiger partial charge in [0.15, 0.2) is 0 Å². The Hall–Kier alpha value is -2.89. The van der Waals surface area contributed by atoms with Gasteiger partial charge in [0.25, 0.3) is 5.91 Å². The number of nitrogens with one attached hydrogen (secondary N) is 2. The van der Waals surface area contributed by atoms with Crippen LogP contribution in [-0.2, 0) is 6.54 Å². The van der Waals surface area contributed by atoms with Gasteiger partial charge in [-0.05, 0) is 47.0 Å². The van der Waals surface area contributed by atoms with Crippen LogP contribution in [0.15, 0.2) is 60.7 Å². The first kappa shape index (κ1) is 19.9. The number of halogens is 3. The van der Waals surface area contributed by atoms with Crippen molar-refractivity contribution in [3.05, 3.63) is 93.2 Å². The summed E-state index contributed by atoms with van der Waals surface area (Å²) in [5.41, 5.74) is 8.21. The van der Waals surface area contributed by atoms with Gasteiger partial charge >= 0.3 is 0 Å². The number of amides is 1. The van der Waals surface area contributed by atoms with Gasteiger partial charge in [-0.15, -0.1) is 0 Å². The van der Waals surface area contributed by atoms with Gasteiger partial charge in [0.2, 0.25) is 0 Å². The molecule has 0 aliphatic carbocycles. The van der Waals surface area contributed by atoms with Crippen molar-refractivity contribution in [2.45, 2.75) is 6.54 Å². The molecule has 0 atom stereocenters. The average molecular weight is 416 g/mol. The SMILES string of the molecule is N=C(N)c1ccc(CNC(=O)c2ccc(F)cc2-c2ccc(Cl)c(Cl)c2)cc1. The van der Waals surface area contributed by atoms with E-state index in [1.54, 1.807) is 42.5 Å². The fourth-order valence-electron chi connectivity index (χ4n) is 2.70. The predicted octanol–water partition coefficient (Wildman–Crippen LogP) is 5.01. The van der Waals surface area contributed by atoms with E-state index in [0.717, 1.165) is 5.56 Å². The maximum Gasteiger partial charge on any atom is 0.252 e. The molecular formula is C21H16Cl2FN3O. The highest BCUT2D eigenvalue weighted by Gasteiger charge is 2.15. The van der Waals surface area contributed by atoms with E-state index in [4.69, 9.17) is 34.3 Å². The van der Waals surface area contributed by atoms with Gasteiger partial charge in [0.05, 0.1) is 10.0 Å². The van der Waals surface area contributed by atoms with Crippen molar-refractivity contribution < 1.29 is 9.18 Å². The van der Waals surface area contributed by atoms with E-state index in [1.165, 1.54) is 18.2 Å². The summed E-state index contributed by atoms with van der Waals surface area (Å²) in [4.78, 5) is 12.7. The minimum Gasteiger partial charge on any atom is -0.384 e. The quantitative estimate of drug-likeness (QED) is 0.404. The van der Waals surface area contributed by atoms with Gasteiger partial charge in [-0.2, -0.15) is 0 Å². The fraction of sp³-hybridized carbons (Fsp3) is 0.0476. The van der Waals surface area contributed by atoms with Crippen molar-refractivity contribution in [1.29, 1.82) is 5.41 Å².